The van der Waals surface area contributed by atoms with Gasteiger partial charge in [0.05, 0.1) is 18.2 Å². The lowest BCUT2D eigenvalue weighted by Crippen LogP contribution is -2.50. The molecule has 1 heterocycles. The Morgan fingerprint density at radius 3 is 2.39 bits per heavy atom. The second kappa shape index (κ2) is 8.20. The van der Waals surface area contributed by atoms with Gasteiger partial charge in [-0.15, -0.1) is 0 Å². The van der Waals surface area contributed by atoms with Gasteiger partial charge < -0.3 is 20.7 Å². The first-order chi connectivity index (χ1) is 15.5. The second-order valence-electron chi connectivity index (χ2n) is 8.09. The smallest absolute Gasteiger partial charge is 0.416 e. The Kier molecular flexibility index (Phi) is 5.67. The molecule has 0 bridgehead atoms. The van der Waals surface area contributed by atoms with Gasteiger partial charge in [-0.3, -0.25) is 4.79 Å². The fourth-order valence-corrected chi connectivity index (χ4v) is 4.09. The third kappa shape index (κ3) is 4.44. The first kappa shape index (κ1) is 22.8. The lowest BCUT2D eigenvalue weighted by molar-refractivity contribution is -0.137. The van der Waals surface area contributed by atoms with Gasteiger partial charge in [-0.2, -0.15) is 13.2 Å². The van der Waals surface area contributed by atoms with Crippen molar-refractivity contribution in [3.63, 3.8) is 0 Å². The highest BCUT2D eigenvalue weighted by atomic mass is 19.4. The van der Waals surface area contributed by atoms with E-state index in [9.17, 15) is 31.5 Å². The number of hydrogen-bond acceptors (Lipinski definition) is 3. The van der Waals surface area contributed by atoms with Gasteiger partial charge in [-0.1, -0.05) is 12.1 Å². The van der Waals surface area contributed by atoms with Gasteiger partial charge in [0.1, 0.15) is 23.4 Å². The van der Waals surface area contributed by atoms with E-state index < -0.39 is 52.8 Å². The van der Waals surface area contributed by atoms with Crippen LogP contribution in [-0.4, -0.2) is 31.6 Å². The maximum Gasteiger partial charge on any atom is 0.416 e. The highest BCUT2D eigenvalue weighted by Crippen LogP contribution is 2.46. The number of amides is 3. The monoisotopic (exact) mass is 469 g/mol. The van der Waals surface area contributed by atoms with Crippen LogP contribution in [0.25, 0.3) is 0 Å². The number of hydrogen-bond donors (Lipinski definition) is 3. The zero-order valence-corrected chi connectivity index (χ0v) is 17.4. The van der Waals surface area contributed by atoms with Gasteiger partial charge >= 0.3 is 12.2 Å². The molecule has 6 nitrogen and oxygen atoms in total. The van der Waals surface area contributed by atoms with Crippen molar-refractivity contribution < 1.29 is 36.3 Å². The largest absolute Gasteiger partial charge is 0.497 e. The van der Waals surface area contributed by atoms with Crippen LogP contribution >= 0.6 is 0 Å². The molecule has 1 saturated heterocycles. The molecule has 0 aromatic heterocycles. The average Bonchev–Trinajstić information content (AvgIpc) is 3.45. The van der Waals surface area contributed by atoms with Crippen molar-refractivity contribution in [3.8, 4) is 5.75 Å². The first-order valence-electron chi connectivity index (χ1n) is 10.1. The number of alkyl halides is 3. The molecule has 1 saturated carbocycles. The van der Waals surface area contributed by atoms with E-state index in [1.807, 2.05) is 0 Å². The summed E-state index contributed by atoms with van der Waals surface area (Å²) in [6.45, 7) is -0.108. The highest BCUT2D eigenvalue weighted by molar-refractivity contribution is 5.90. The van der Waals surface area contributed by atoms with E-state index in [0.717, 1.165) is 24.3 Å². The molecular formula is C22H20F5N3O3. The summed E-state index contributed by atoms with van der Waals surface area (Å²) in [5, 5.41) is 7.52. The maximum atomic E-state index is 14.5. The Labute approximate surface area is 185 Å². The van der Waals surface area contributed by atoms with E-state index in [-0.39, 0.29) is 23.4 Å². The number of carbonyl (C=O) groups is 2. The zero-order valence-electron chi connectivity index (χ0n) is 17.4. The Bertz CT molecular complexity index is 1080. The van der Waals surface area contributed by atoms with Crippen LogP contribution in [-0.2, 0) is 16.5 Å². The van der Waals surface area contributed by atoms with Gasteiger partial charge in [0.2, 0.25) is 5.91 Å². The predicted molar refractivity (Wildman–Crippen MR) is 106 cm³/mol. The number of rotatable bonds is 5. The Morgan fingerprint density at radius 2 is 1.82 bits per heavy atom. The Morgan fingerprint density at radius 1 is 1.15 bits per heavy atom. The van der Waals surface area contributed by atoms with E-state index in [1.54, 1.807) is 0 Å². The van der Waals surface area contributed by atoms with Crippen LogP contribution in [0.15, 0.2) is 36.4 Å². The molecule has 2 aromatic rings. The minimum atomic E-state index is -4.53. The topological polar surface area (TPSA) is 79.5 Å². The summed E-state index contributed by atoms with van der Waals surface area (Å²) in [7, 11) is 1.25. The molecule has 3 amide bonds. The van der Waals surface area contributed by atoms with Gasteiger partial charge in [0.25, 0.3) is 0 Å². The molecule has 2 fully saturated rings. The fraction of sp³-hybridized carbons (Fsp3) is 0.364. The van der Waals surface area contributed by atoms with Crippen LogP contribution in [0.4, 0.5) is 26.7 Å². The summed E-state index contributed by atoms with van der Waals surface area (Å²) in [5.74, 6) is -3.55. The average molecular weight is 469 g/mol. The fourth-order valence-electron chi connectivity index (χ4n) is 4.09. The van der Waals surface area contributed by atoms with E-state index in [0.29, 0.717) is 12.8 Å². The molecule has 2 aromatic carbocycles. The molecule has 2 aliphatic rings. The lowest BCUT2D eigenvalue weighted by atomic mass is 9.92. The summed E-state index contributed by atoms with van der Waals surface area (Å²) < 4.78 is 73.1. The molecule has 1 aliphatic carbocycles. The van der Waals surface area contributed by atoms with E-state index in [2.05, 4.69) is 16.0 Å². The molecule has 4 rings (SSSR count). The van der Waals surface area contributed by atoms with Gasteiger partial charge in [-0.05, 0) is 30.5 Å². The number of halogens is 5. The zero-order chi connectivity index (χ0) is 24.0. The van der Waals surface area contributed by atoms with Crippen molar-refractivity contribution in [1.82, 2.24) is 16.0 Å². The number of benzene rings is 2. The van der Waals surface area contributed by atoms with Gasteiger partial charge in [-0.25, -0.2) is 13.6 Å². The summed E-state index contributed by atoms with van der Waals surface area (Å²) in [6, 6.07) is 4.50. The van der Waals surface area contributed by atoms with Crippen molar-refractivity contribution in [2.75, 3.05) is 13.7 Å². The minimum Gasteiger partial charge on any atom is -0.497 e. The molecule has 1 aliphatic heterocycles. The van der Waals surface area contributed by atoms with Crippen LogP contribution < -0.4 is 20.7 Å². The summed E-state index contributed by atoms with van der Waals surface area (Å²) in [4.78, 5) is 25.0. The van der Waals surface area contributed by atoms with Crippen LogP contribution in [0.5, 0.6) is 5.75 Å². The summed E-state index contributed by atoms with van der Waals surface area (Å²) >= 11 is 0. The SMILES string of the molecule is COc1cc(F)c([C@@H]2CNC(=O)[C@H]2NC(=O)NC2(c3cccc(C(F)(F)F)c3)CC2)c(F)c1. The van der Waals surface area contributed by atoms with Gasteiger partial charge in [0.15, 0.2) is 0 Å². The number of ether oxygens (including phenoxy) is 1. The van der Waals surface area contributed by atoms with Crippen molar-refractivity contribution >= 4 is 11.9 Å². The third-order valence-corrected chi connectivity index (χ3v) is 5.97. The molecule has 3 N–H and O–H groups in total. The summed E-state index contributed by atoms with van der Waals surface area (Å²) in [5.41, 5.74) is -1.94. The van der Waals surface area contributed by atoms with Crippen LogP contribution in [0.1, 0.15) is 35.4 Å². The molecule has 33 heavy (non-hydrogen) atoms. The minimum absolute atomic E-state index is 0.0370. The molecule has 0 spiro atoms. The third-order valence-electron chi connectivity index (χ3n) is 5.97. The molecule has 2 atom stereocenters. The highest BCUT2D eigenvalue weighted by Gasteiger charge is 2.48. The molecule has 0 radical (unpaired) electrons. The second-order valence-corrected chi connectivity index (χ2v) is 8.09. The van der Waals surface area contributed by atoms with Crippen LogP contribution in [0.3, 0.4) is 0 Å². The molecule has 11 heteroatoms. The predicted octanol–water partition coefficient (Wildman–Crippen LogP) is 3.56. The number of carbonyl (C=O) groups excluding carboxylic acids is 2. The number of urea groups is 1. The Balaban J connectivity index is 1.52. The number of methoxy groups -OCH3 is 1. The Hall–Kier alpha value is -3.37. The standard InChI is InChI=1S/C22H20F5N3O3/c1-33-13-8-15(23)17(16(24)9-13)14-10-28-19(31)18(14)29-20(32)30-21(5-6-21)11-3-2-4-12(7-11)22(25,26)27/h2-4,7-9,14,18H,5-6,10H2,1H3,(H,28,31)(H2,29,30,32)/t14-,18-/m0/s1. The molecule has 0 unspecified atom stereocenters. The summed E-state index contributed by atoms with van der Waals surface area (Å²) in [6.07, 6.45) is -3.72. The molecular weight excluding hydrogens is 449 g/mol. The van der Waals surface area contributed by atoms with Crippen molar-refractivity contribution in [3.05, 3.63) is 64.7 Å². The van der Waals surface area contributed by atoms with Crippen LogP contribution in [0, 0.1) is 11.6 Å². The van der Waals surface area contributed by atoms with Crippen molar-refractivity contribution in [2.45, 2.75) is 36.5 Å². The van der Waals surface area contributed by atoms with E-state index in [4.69, 9.17) is 4.74 Å². The quantitative estimate of drug-likeness (QED) is 0.586. The van der Waals surface area contributed by atoms with Crippen LogP contribution in [0.2, 0.25) is 0 Å². The van der Waals surface area contributed by atoms with Gasteiger partial charge in [0, 0.05) is 30.2 Å². The lowest BCUT2D eigenvalue weighted by Gasteiger charge is -2.23. The van der Waals surface area contributed by atoms with Crippen molar-refractivity contribution in [1.29, 1.82) is 0 Å². The normalized spacial score (nSPS) is 21.3. The van der Waals surface area contributed by atoms with E-state index in [1.165, 1.54) is 19.2 Å². The number of nitrogens with one attached hydrogen (secondary N) is 3. The first-order valence-corrected chi connectivity index (χ1v) is 10.1. The van der Waals surface area contributed by atoms with E-state index >= 15 is 0 Å². The molecule has 176 valence electrons. The van der Waals surface area contributed by atoms with Crippen molar-refractivity contribution in [2.24, 2.45) is 0 Å². The maximum absolute atomic E-state index is 14.5.